The van der Waals surface area contributed by atoms with E-state index in [1.165, 1.54) is 6.07 Å². The number of benzene rings is 1. The first-order chi connectivity index (χ1) is 6.19. The highest BCUT2D eigenvalue weighted by Gasteiger charge is 2.06. The third-order valence-corrected chi connectivity index (χ3v) is 1.97. The van der Waals surface area contributed by atoms with Crippen molar-refractivity contribution < 1.29 is 4.39 Å². The summed E-state index contributed by atoms with van der Waals surface area (Å²) in [4.78, 5) is 0. The SMILES string of the molecule is C#CC(NC)c1ccc(F)c(C)c1. The highest BCUT2D eigenvalue weighted by molar-refractivity contribution is 5.30. The zero-order chi connectivity index (χ0) is 9.84. The molecule has 0 bridgehead atoms. The van der Waals surface area contributed by atoms with Gasteiger partial charge in [-0.25, -0.2) is 4.39 Å². The number of terminal acetylenes is 1. The van der Waals surface area contributed by atoms with Crippen LogP contribution in [-0.2, 0) is 0 Å². The van der Waals surface area contributed by atoms with Crippen LogP contribution in [0.3, 0.4) is 0 Å². The summed E-state index contributed by atoms with van der Waals surface area (Å²) >= 11 is 0. The second kappa shape index (κ2) is 4.06. The number of hydrogen-bond donors (Lipinski definition) is 1. The molecule has 0 aromatic heterocycles. The van der Waals surface area contributed by atoms with Crippen molar-refractivity contribution in [1.29, 1.82) is 0 Å². The summed E-state index contributed by atoms with van der Waals surface area (Å²) in [6.45, 7) is 1.72. The molecule has 0 heterocycles. The Bertz CT molecular complexity index is 338. The van der Waals surface area contributed by atoms with Crippen molar-refractivity contribution in [1.82, 2.24) is 5.32 Å². The molecule has 1 nitrogen and oxygen atoms in total. The van der Waals surface area contributed by atoms with Gasteiger partial charge < -0.3 is 5.32 Å². The van der Waals surface area contributed by atoms with Gasteiger partial charge in [-0.15, -0.1) is 6.42 Å². The van der Waals surface area contributed by atoms with E-state index < -0.39 is 0 Å². The lowest BCUT2D eigenvalue weighted by atomic mass is 10.1. The average molecular weight is 177 g/mol. The lowest BCUT2D eigenvalue weighted by Gasteiger charge is -2.10. The third-order valence-electron chi connectivity index (χ3n) is 1.97. The van der Waals surface area contributed by atoms with E-state index in [1.807, 2.05) is 0 Å². The van der Waals surface area contributed by atoms with Crippen molar-refractivity contribution in [2.75, 3.05) is 7.05 Å². The molecule has 1 rings (SSSR count). The monoisotopic (exact) mass is 177 g/mol. The maximum absolute atomic E-state index is 12.9. The molecule has 1 atom stereocenters. The zero-order valence-corrected chi connectivity index (χ0v) is 7.76. The molecule has 1 unspecified atom stereocenters. The molecule has 0 spiro atoms. The quantitative estimate of drug-likeness (QED) is 0.681. The van der Waals surface area contributed by atoms with Gasteiger partial charge in [0, 0.05) is 0 Å². The Kier molecular flexibility index (Phi) is 3.05. The molecular weight excluding hydrogens is 165 g/mol. The van der Waals surface area contributed by atoms with E-state index >= 15 is 0 Å². The molecule has 0 fully saturated rings. The van der Waals surface area contributed by atoms with Gasteiger partial charge in [0.2, 0.25) is 0 Å². The van der Waals surface area contributed by atoms with Crippen LogP contribution < -0.4 is 5.32 Å². The fraction of sp³-hybridized carbons (Fsp3) is 0.273. The predicted molar refractivity (Wildman–Crippen MR) is 51.8 cm³/mol. The molecule has 0 radical (unpaired) electrons. The summed E-state index contributed by atoms with van der Waals surface area (Å²) in [7, 11) is 1.78. The summed E-state index contributed by atoms with van der Waals surface area (Å²) in [6, 6.07) is 4.76. The molecule has 0 saturated carbocycles. The van der Waals surface area contributed by atoms with Crippen LogP contribution in [0.2, 0.25) is 0 Å². The number of nitrogens with one attached hydrogen (secondary N) is 1. The zero-order valence-electron chi connectivity index (χ0n) is 7.76. The van der Waals surface area contributed by atoms with Gasteiger partial charge in [-0.1, -0.05) is 18.1 Å². The Morgan fingerprint density at radius 2 is 2.23 bits per heavy atom. The minimum atomic E-state index is -0.198. The maximum Gasteiger partial charge on any atom is 0.126 e. The Morgan fingerprint density at radius 3 is 2.69 bits per heavy atom. The molecule has 68 valence electrons. The molecule has 0 aliphatic heterocycles. The van der Waals surface area contributed by atoms with E-state index in [-0.39, 0.29) is 11.9 Å². The second-order valence-electron chi connectivity index (χ2n) is 2.90. The molecule has 1 aromatic rings. The minimum Gasteiger partial charge on any atom is -0.303 e. The molecule has 0 amide bonds. The van der Waals surface area contributed by atoms with E-state index in [1.54, 1.807) is 26.1 Å². The highest BCUT2D eigenvalue weighted by Crippen LogP contribution is 2.15. The standard InChI is InChI=1S/C11H12FN/c1-4-11(13-3)9-5-6-10(12)8(2)7-9/h1,5-7,11,13H,2-3H3. The predicted octanol–water partition coefficient (Wildman–Crippen LogP) is 2.03. The number of aryl methyl sites for hydroxylation is 1. The lowest BCUT2D eigenvalue weighted by Crippen LogP contribution is -2.14. The first-order valence-corrected chi connectivity index (χ1v) is 4.08. The molecule has 13 heavy (non-hydrogen) atoms. The van der Waals surface area contributed by atoms with Gasteiger partial charge in [-0.05, 0) is 31.2 Å². The smallest absolute Gasteiger partial charge is 0.126 e. The second-order valence-corrected chi connectivity index (χ2v) is 2.90. The van der Waals surface area contributed by atoms with Crippen LogP contribution in [-0.4, -0.2) is 7.05 Å². The summed E-state index contributed by atoms with van der Waals surface area (Å²) < 4.78 is 12.9. The number of hydrogen-bond acceptors (Lipinski definition) is 1. The van der Waals surface area contributed by atoms with Gasteiger partial charge in [0.1, 0.15) is 5.82 Å². The normalized spacial score (nSPS) is 12.2. The number of halogens is 1. The van der Waals surface area contributed by atoms with Crippen LogP contribution in [0.25, 0.3) is 0 Å². The van der Waals surface area contributed by atoms with Crippen molar-refractivity contribution in [3.05, 3.63) is 35.1 Å². The van der Waals surface area contributed by atoms with Crippen LogP contribution in [0.15, 0.2) is 18.2 Å². The molecule has 1 N–H and O–H groups in total. The Balaban J connectivity index is 3.04. The van der Waals surface area contributed by atoms with Crippen LogP contribution >= 0.6 is 0 Å². The van der Waals surface area contributed by atoms with Gasteiger partial charge in [0.15, 0.2) is 0 Å². The van der Waals surface area contributed by atoms with Gasteiger partial charge in [0.05, 0.1) is 6.04 Å². The van der Waals surface area contributed by atoms with Crippen LogP contribution in [0, 0.1) is 25.1 Å². The molecule has 1 aromatic carbocycles. The van der Waals surface area contributed by atoms with E-state index in [4.69, 9.17) is 6.42 Å². The van der Waals surface area contributed by atoms with Gasteiger partial charge in [-0.3, -0.25) is 0 Å². The number of rotatable bonds is 2. The van der Waals surface area contributed by atoms with E-state index in [0.717, 1.165) is 5.56 Å². The summed E-state index contributed by atoms with van der Waals surface area (Å²) in [6.07, 6.45) is 5.30. The van der Waals surface area contributed by atoms with Gasteiger partial charge in [0.25, 0.3) is 0 Å². The van der Waals surface area contributed by atoms with Crippen molar-refractivity contribution in [3.8, 4) is 12.3 Å². The van der Waals surface area contributed by atoms with Crippen molar-refractivity contribution >= 4 is 0 Å². The average Bonchev–Trinajstić information content (AvgIpc) is 2.13. The minimum absolute atomic E-state index is 0.140. The Morgan fingerprint density at radius 1 is 1.54 bits per heavy atom. The fourth-order valence-electron chi connectivity index (χ4n) is 1.19. The van der Waals surface area contributed by atoms with E-state index in [9.17, 15) is 4.39 Å². The summed E-state index contributed by atoms with van der Waals surface area (Å²) in [5.74, 6) is 2.38. The highest BCUT2D eigenvalue weighted by atomic mass is 19.1. The molecular formula is C11H12FN. The van der Waals surface area contributed by atoms with Crippen molar-refractivity contribution in [2.45, 2.75) is 13.0 Å². The van der Waals surface area contributed by atoms with Crippen molar-refractivity contribution in [3.63, 3.8) is 0 Å². The molecule has 2 heteroatoms. The van der Waals surface area contributed by atoms with Gasteiger partial charge >= 0.3 is 0 Å². The largest absolute Gasteiger partial charge is 0.303 e. The fourth-order valence-corrected chi connectivity index (χ4v) is 1.19. The summed E-state index contributed by atoms with van der Waals surface area (Å²) in [5.41, 5.74) is 1.54. The van der Waals surface area contributed by atoms with Gasteiger partial charge in [-0.2, -0.15) is 0 Å². The first-order valence-electron chi connectivity index (χ1n) is 4.08. The van der Waals surface area contributed by atoms with Crippen molar-refractivity contribution in [2.24, 2.45) is 0 Å². The molecule has 0 aliphatic carbocycles. The Hall–Kier alpha value is -1.33. The summed E-state index contributed by atoms with van der Waals surface area (Å²) in [5, 5.41) is 2.96. The molecule has 0 aliphatic rings. The third kappa shape index (κ3) is 2.07. The van der Waals surface area contributed by atoms with Crippen LogP contribution in [0.4, 0.5) is 4.39 Å². The first kappa shape index (κ1) is 9.76. The van der Waals surface area contributed by atoms with E-state index in [0.29, 0.717) is 5.56 Å². The lowest BCUT2D eigenvalue weighted by molar-refractivity contribution is 0.615. The topological polar surface area (TPSA) is 12.0 Å². The van der Waals surface area contributed by atoms with Crippen LogP contribution in [0.5, 0.6) is 0 Å². The molecule has 0 saturated heterocycles. The maximum atomic E-state index is 12.9. The van der Waals surface area contributed by atoms with E-state index in [2.05, 4.69) is 11.2 Å². The van der Waals surface area contributed by atoms with Crippen LogP contribution in [0.1, 0.15) is 17.2 Å². The Labute approximate surface area is 78.0 Å².